The van der Waals surface area contributed by atoms with Gasteiger partial charge in [-0.15, -0.1) is 10.3 Å². The summed E-state index contributed by atoms with van der Waals surface area (Å²) in [6.07, 6.45) is 0. The first-order chi connectivity index (χ1) is 11.3. The lowest BCUT2D eigenvalue weighted by Crippen LogP contribution is -2.47. The van der Waals surface area contributed by atoms with Gasteiger partial charge in [0.25, 0.3) is 0 Å². The molecule has 3 nitrogen and oxygen atoms in total. The third-order valence-electron chi connectivity index (χ3n) is 4.98. The van der Waals surface area contributed by atoms with Crippen LogP contribution in [0.25, 0.3) is 11.1 Å². The van der Waals surface area contributed by atoms with Crippen molar-refractivity contribution in [2.45, 2.75) is 45.4 Å². The summed E-state index contributed by atoms with van der Waals surface area (Å²) in [5.74, 6) is 0. The lowest BCUT2D eigenvalue weighted by Gasteiger charge is -2.34. The first-order valence-corrected chi connectivity index (χ1v) is 8.28. The van der Waals surface area contributed by atoms with E-state index in [1.165, 1.54) is 5.06 Å². The minimum Gasteiger partial charge on any atom is -0.392 e. The number of nitrogens with zero attached hydrogens (tertiary/aromatic N) is 1. The van der Waals surface area contributed by atoms with Crippen molar-refractivity contribution < 1.29 is 10.3 Å². The maximum absolute atomic E-state index is 13.1. The summed E-state index contributed by atoms with van der Waals surface area (Å²) in [6, 6.07) is 18.0. The van der Waals surface area contributed by atoms with Crippen molar-refractivity contribution >= 4 is 11.1 Å². The number of hydrogen-bond acceptors (Lipinski definition) is 2. The van der Waals surface area contributed by atoms with Crippen molar-refractivity contribution in [1.29, 1.82) is 0 Å². The summed E-state index contributed by atoms with van der Waals surface area (Å²) in [7, 11) is 0. The van der Waals surface area contributed by atoms with Gasteiger partial charge in [0.1, 0.15) is 0 Å². The van der Waals surface area contributed by atoms with E-state index in [1.807, 2.05) is 70.2 Å². The van der Waals surface area contributed by atoms with Gasteiger partial charge in [0.05, 0.1) is 17.7 Å². The minimum absolute atomic E-state index is 0.0213. The molecule has 3 heteroatoms. The highest BCUT2D eigenvalue weighted by Gasteiger charge is 2.52. The molecule has 0 atom stereocenters. The predicted octanol–water partition coefficient (Wildman–Crippen LogP) is 4.31. The zero-order valence-electron chi connectivity index (χ0n) is 14.7. The van der Waals surface area contributed by atoms with Gasteiger partial charge >= 0.3 is 0 Å². The van der Waals surface area contributed by atoms with Gasteiger partial charge in [0, 0.05) is 0 Å². The fourth-order valence-corrected chi connectivity index (χ4v) is 3.89. The molecule has 24 heavy (non-hydrogen) atoms. The first-order valence-electron chi connectivity index (χ1n) is 8.28. The van der Waals surface area contributed by atoms with Crippen LogP contribution in [0.1, 0.15) is 44.4 Å². The molecule has 0 saturated carbocycles. The molecule has 1 aliphatic heterocycles. The smallest absolute Gasteiger partial charge is 0.0705 e. The number of hydroxylamine groups is 2. The number of rotatable bonds is 3. The Hall–Kier alpha value is -1.94. The van der Waals surface area contributed by atoms with Crippen LogP contribution < -0.4 is 0 Å². The zero-order chi connectivity index (χ0) is 17.5. The van der Waals surface area contributed by atoms with Crippen LogP contribution >= 0.6 is 0 Å². The molecule has 0 fully saturated rings. The Morgan fingerprint density at radius 1 is 0.792 bits per heavy atom. The van der Waals surface area contributed by atoms with E-state index >= 15 is 0 Å². The van der Waals surface area contributed by atoms with Gasteiger partial charge in [-0.1, -0.05) is 54.6 Å². The number of hydrogen-bond donors (Lipinski definition) is 1. The van der Waals surface area contributed by atoms with E-state index in [9.17, 15) is 10.3 Å². The molecule has 0 spiro atoms. The molecule has 0 amide bonds. The van der Waals surface area contributed by atoms with E-state index in [0.717, 1.165) is 27.8 Å². The van der Waals surface area contributed by atoms with Crippen LogP contribution in [-0.2, 0) is 11.8 Å². The Morgan fingerprint density at radius 2 is 1.25 bits per heavy atom. The van der Waals surface area contributed by atoms with Crippen LogP contribution in [0.4, 0.5) is 0 Å². The Balaban J connectivity index is 2.28. The third kappa shape index (κ3) is 2.49. The van der Waals surface area contributed by atoms with E-state index in [-0.39, 0.29) is 6.61 Å². The molecule has 0 bridgehead atoms. The molecule has 125 valence electrons. The van der Waals surface area contributed by atoms with Crippen molar-refractivity contribution in [3.8, 4) is 0 Å². The zero-order valence-corrected chi connectivity index (χ0v) is 14.7. The van der Waals surface area contributed by atoms with E-state index in [1.54, 1.807) is 0 Å². The van der Waals surface area contributed by atoms with Crippen molar-refractivity contribution in [3.63, 3.8) is 0 Å². The number of aliphatic hydroxyl groups excluding tert-OH is 1. The molecule has 2 aromatic carbocycles. The second-order valence-corrected chi connectivity index (χ2v) is 7.38. The van der Waals surface area contributed by atoms with Crippen LogP contribution in [0, 0.1) is 0 Å². The van der Waals surface area contributed by atoms with Gasteiger partial charge in [-0.05, 0) is 55.5 Å². The van der Waals surface area contributed by atoms with Crippen LogP contribution in [0.15, 0.2) is 54.6 Å². The fraction of sp³-hybridized carbons (Fsp3) is 0.333. The molecular weight excluding hydrogens is 298 g/mol. The highest BCUT2D eigenvalue weighted by Crippen LogP contribution is 2.52. The molecule has 2 aromatic rings. The number of benzene rings is 2. The summed E-state index contributed by atoms with van der Waals surface area (Å²) in [6.45, 7) is 7.95. The predicted molar refractivity (Wildman–Crippen MR) is 96.3 cm³/mol. The summed E-state index contributed by atoms with van der Waals surface area (Å²) >= 11 is 0. The Bertz CT molecular complexity index is 758. The summed E-state index contributed by atoms with van der Waals surface area (Å²) in [5.41, 5.74) is 3.86. The van der Waals surface area contributed by atoms with E-state index in [0.29, 0.717) is 0 Å². The minimum atomic E-state index is -0.630. The van der Waals surface area contributed by atoms with Gasteiger partial charge in [-0.25, -0.2) is 0 Å². The average molecular weight is 322 g/mol. The van der Waals surface area contributed by atoms with Crippen LogP contribution in [0.3, 0.4) is 0 Å². The SMILES string of the molecule is CC1(C)C(c2ccccc2)=C(c2ccc(CO)cc2)C(C)(C)N1[O]. The maximum atomic E-state index is 13.1. The molecule has 0 unspecified atom stereocenters. The molecule has 0 saturated heterocycles. The molecule has 0 aromatic heterocycles. The molecule has 1 aliphatic rings. The standard InChI is InChI=1S/C21H24NO2/c1-20(2)18(16-8-6-5-7-9-16)19(21(3,4)22(20)24)17-12-10-15(14-23)11-13-17/h5-13,23H,14H2,1-4H3. The van der Waals surface area contributed by atoms with Crippen LogP contribution in [0.2, 0.25) is 0 Å². The Morgan fingerprint density at radius 3 is 1.71 bits per heavy atom. The van der Waals surface area contributed by atoms with Gasteiger partial charge < -0.3 is 5.11 Å². The average Bonchev–Trinajstić information content (AvgIpc) is 2.72. The molecule has 1 radical (unpaired) electrons. The van der Waals surface area contributed by atoms with Crippen molar-refractivity contribution in [2.75, 3.05) is 0 Å². The highest BCUT2D eigenvalue weighted by molar-refractivity contribution is 6.00. The number of aliphatic hydroxyl groups is 1. The quantitative estimate of drug-likeness (QED) is 0.915. The lowest BCUT2D eigenvalue weighted by atomic mass is 9.82. The van der Waals surface area contributed by atoms with Crippen molar-refractivity contribution in [1.82, 2.24) is 5.06 Å². The van der Waals surface area contributed by atoms with Gasteiger partial charge in [-0.2, -0.15) is 0 Å². The molecule has 1 heterocycles. The van der Waals surface area contributed by atoms with Crippen LogP contribution in [-0.4, -0.2) is 21.2 Å². The normalized spacial score (nSPS) is 19.8. The second-order valence-electron chi connectivity index (χ2n) is 7.38. The largest absolute Gasteiger partial charge is 0.392 e. The van der Waals surface area contributed by atoms with Crippen LogP contribution in [0.5, 0.6) is 0 Å². The van der Waals surface area contributed by atoms with Gasteiger partial charge in [0.15, 0.2) is 0 Å². The molecule has 3 rings (SSSR count). The summed E-state index contributed by atoms with van der Waals surface area (Å²) in [5, 5.41) is 23.6. The van der Waals surface area contributed by atoms with Crippen molar-refractivity contribution in [2.24, 2.45) is 0 Å². The van der Waals surface area contributed by atoms with Crippen molar-refractivity contribution in [3.05, 3.63) is 71.3 Å². The topological polar surface area (TPSA) is 43.4 Å². The molecule has 0 aliphatic carbocycles. The Kier molecular flexibility index (Phi) is 4.12. The third-order valence-corrected chi connectivity index (χ3v) is 4.98. The Labute approximate surface area is 143 Å². The van der Waals surface area contributed by atoms with E-state index in [4.69, 9.17) is 0 Å². The molecule has 1 N–H and O–H groups in total. The monoisotopic (exact) mass is 322 g/mol. The summed E-state index contributed by atoms with van der Waals surface area (Å²) < 4.78 is 0. The molecular formula is C21H24NO2. The highest BCUT2D eigenvalue weighted by atomic mass is 16.5. The first kappa shape index (κ1) is 16.9. The van der Waals surface area contributed by atoms with Gasteiger partial charge in [0.2, 0.25) is 0 Å². The van der Waals surface area contributed by atoms with E-state index < -0.39 is 11.1 Å². The second kappa shape index (κ2) is 5.85. The van der Waals surface area contributed by atoms with E-state index in [2.05, 4.69) is 12.1 Å². The lowest BCUT2D eigenvalue weighted by molar-refractivity contribution is -0.232. The maximum Gasteiger partial charge on any atom is 0.0705 e. The van der Waals surface area contributed by atoms with Gasteiger partial charge in [-0.3, -0.25) is 0 Å². The fourth-order valence-electron chi connectivity index (χ4n) is 3.89. The summed E-state index contributed by atoms with van der Waals surface area (Å²) in [4.78, 5) is 0.